The van der Waals surface area contributed by atoms with E-state index >= 15 is 0 Å². The van der Waals surface area contributed by atoms with Crippen LogP contribution in [0.3, 0.4) is 0 Å². The molecule has 2 amide bonds. The molecule has 0 unspecified atom stereocenters. The minimum atomic E-state index is -0.317. The zero-order chi connectivity index (χ0) is 17.4. The molecule has 0 radical (unpaired) electrons. The zero-order valence-electron chi connectivity index (χ0n) is 14.4. The fraction of sp³-hybridized carbons (Fsp3) is 0.579. The number of phenols is 1. The van der Waals surface area contributed by atoms with E-state index in [9.17, 15) is 14.7 Å². The second-order valence-corrected chi connectivity index (χ2v) is 7.56. The Hall–Kier alpha value is -2.08. The van der Waals surface area contributed by atoms with Crippen LogP contribution in [0.5, 0.6) is 5.75 Å². The third kappa shape index (κ3) is 2.99. The number of hydrogen-bond acceptors (Lipinski definition) is 4. The third-order valence-electron chi connectivity index (χ3n) is 6.04. The van der Waals surface area contributed by atoms with Gasteiger partial charge < -0.3 is 15.3 Å². The van der Waals surface area contributed by atoms with E-state index in [2.05, 4.69) is 10.2 Å². The molecule has 0 saturated carbocycles. The second kappa shape index (κ2) is 6.33. The van der Waals surface area contributed by atoms with Gasteiger partial charge in [0.15, 0.2) is 0 Å². The fourth-order valence-corrected chi connectivity index (χ4v) is 4.70. The maximum Gasteiger partial charge on any atom is 0.227 e. The molecule has 25 heavy (non-hydrogen) atoms. The maximum atomic E-state index is 12.6. The number of nitrogens with zero attached hydrogens (tertiary/aromatic N) is 2. The second-order valence-electron chi connectivity index (χ2n) is 7.56. The summed E-state index contributed by atoms with van der Waals surface area (Å²) >= 11 is 0. The zero-order valence-corrected chi connectivity index (χ0v) is 14.4. The number of aromatic hydroxyl groups is 1. The number of anilines is 1. The standard InChI is InChI=1S/C19H25N3O3/c23-16-5-1-4-15(11-16)22-12-14(10-17(22)24)18(25)20-13-19-6-2-8-21(19)9-3-7-19/h1,4-5,11,14,23H,2-3,6-10,12-13H2,(H,20,25)/t14-/m0/s1. The molecule has 1 atom stereocenters. The van der Waals surface area contributed by atoms with E-state index in [-0.39, 0.29) is 35.4 Å². The van der Waals surface area contributed by atoms with Crippen LogP contribution in [-0.2, 0) is 9.59 Å². The topological polar surface area (TPSA) is 72.9 Å². The lowest BCUT2D eigenvalue weighted by atomic mass is 9.93. The number of carbonyl (C=O) groups is 2. The predicted octanol–water partition coefficient (Wildman–Crippen LogP) is 1.49. The van der Waals surface area contributed by atoms with Gasteiger partial charge in [-0.1, -0.05) is 6.07 Å². The summed E-state index contributed by atoms with van der Waals surface area (Å²) in [6.07, 6.45) is 4.98. The smallest absolute Gasteiger partial charge is 0.227 e. The third-order valence-corrected chi connectivity index (χ3v) is 6.04. The molecule has 6 heteroatoms. The van der Waals surface area contributed by atoms with E-state index in [4.69, 9.17) is 0 Å². The summed E-state index contributed by atoms with van der Waals surface area (Å²) in [4.78, 5) is 29.0. The predicted molar refractivity (Wildman–Crippen MR) is 94.3 cm³/mol. The van der Waals surface area contributed by atoms with Gasteiger partial charge in [0.2, 0.25) is 11.8 Å². The van der Waals surface area contributed by atoms with E-state index in [0.29, 0.717) is 18.8 Å². The van der Waals surface area contributed by atoms with Gasteiger partial charge in [0, 0.05) is 36.8 Å². The SMILES string of the molecule is O=C(NCC12CCCN1CCC2)[C@H]1CC(=O)N(c2cccc(O)c2)C1. The lowest BCUT2D eigenvalue weighted by Crippen LogP contribution is -2.49. The number of hydrogen-bond donors (Lipinski definition) is 2. The number of rotatable bonds is 4. The van der Waals surface area contributed by atoms with Crippen molar-refractivity contribution in [3.8, 4) is 5.75 Å². The Labute approximate surface area is 147 Å². The summed E-state index contributed by atoms with van der Waals surface area (Å²) < 4.78 is 0. The van der Waals surface area contributed by atoms with Crippen LogP contribution in [0.4, 0.5) is 5.69 Å². The first-order chi connectivity index (χ1) is 12.1. The molecule has 3 saturated heterocycles. The average molecular weight is 343 g/mol. The van der Waals surface area contributed by atoms with Crippen LogP contribution in [0.15, 0.2) is 24.3 Å². The Morgan fingerprint density at radius 3 is 2.76 bits per heavy atom. The van der Waals surface area contributed by atoms with Gasteiger partial charge >= 0.3 is 0 Å². The van der Waals surface area contributed by atoms with E-state index < -0.39 is 0 Å². The molecule has 2 N–H and O–H groups in total. The molecule has 1 aromatic rings. The monoisotopic (exact) mass is 343 g/mol. The van der Waals surface area contributed by atoms with E-state index in [0.717, 1.165) is 25.9 Å². The van der Waals surface area contributed by atoms with Crippen molar-refractivity contribution in [2.75, 3.05) is 31.1 Å². The summed E-state index contributed by atoms with van der Waals surface area (Å²) in [6, 6.07) is 6.62. The number of fused-ring (bicyclic) bond motifs is 1. The lowest BCUT2D eigenvalue weighted by molar-refractivity contribution is -0.126. The van der Waals surface area contributed by atoms with Crippen LogP contribution in [0, 0.1) is 5.92 Å². The summed E-state index contributed by atoms with van der Waals surface area (Å²) in [5, 5.41) is 12.7. The number of carbonyl (C=O) groups excluding carboxylic acids is 2. The summed E-state index contributed by atoms with van der Waals surface area (Å²) in [5.41, 5.74) is 0.806. The van der Waals surface area contributed by atoms with Crippen molar-refractivity contribution < 1.29 is 14.7 Å². The van der Waals surface area contributed by atoms with Gasteiger partial charge in [0.25, 0.3) is 0 Å². The molecule has 4 rings (SSSR count). The fourth-order valence-electron chi connectivity index (χ4n) is 4.70. The van der Waals surface area contributed by atoms with Crippen molar-refractivity contribution in [2.45, 2.75) is 37.6 Å². The van der Waals surface area contributed by atoms with E-state index in [1.165, 1.54) is 12.8 Å². The van der Waals surface area contributed by atoms with Gasteiger partial charge in [-0.3, -0.25) is 14.5 Å². The highest BCUT2D eigenvalue weighted by Gasteiger charge is 2.45. The highest BCUT2D eigenvalue weighted by atomic mass is 16.3. The number of amides is 2. The molecule has 3 aliphatic rings. The minimum Gasteiger partial charge on any atom is -0.508 e. The molecule has 3 heterocycles. The number of phenolic OH excluding ortho intramolecular Hbond substituents is 1. The minimum absolute atomic E-state index is 0.0240. The van der Waals surface area contributed by atoms with E-state index in [1.54, 1.807) is 29.2 Å². The molecular formula is C19H25N3O3. The molecule has 3 aliphatic heterocycles. The molecule has 0 aromatic heterocycles. The van der Waals surface area contributed by atoms with Crippen molar-refractivity contribution in [2.24, 2.45) is 5.92 Å². The first kappa shape index (κ1) is 16.4. The highest BCUT2D eigenvalue weighted by molar-refractivity contribution is 6.00. The van der Waals surface area contributed by atoms with Crippen molar-refractivity contribution in [1.29, 1.82) is 0 Å². The molecule has 0 spiro atoms. The van der Waals surface area contributed by atoms with Crippen molar-refractivity contribution in [3.63, 3.8) is 0 Å². The van der Waals surface area contributed by atoms with Crippen molar-refractivity contribution in [1.82, 2.24) is 10.2 Å². The van der Waals surface area contributed by atoms with Gasteiger partial charge in [-0.25, -0.2) is 0 Å². The Balaban J connectivity index is 1.38. The van der Waals surface area contributed by atoms with Gasteiger partial charge in [-0.15, -0.1) is 0 Å². The van der Waals surface area contributed by atoms with Gasteiger partial charge in [-0.2, -0.15) is 0 Å². The molecule has 3 fully saturated rings. The molecule has 1 aromatic carbocycles. The van der Waals surface area contributed by atoms with Gasteiger partial charge in [-0.05, 0) is 50.9 Å². The number of benzene rings is 1. The molecule has 6 nitrogen and oxygen atoms in total. The Bertz CT molecular complexity index is 680. The maximum absolute atomic E-state index is 12.6. The summed E-state index contributed by atoms with van der Waals surface area (Å²) in [6.45, 7) is 3.36. The van der Waals surface area contributed by atoms with Crippen LogP contribution in [0.25, 0.3) is 0 Å². The van der Waals surface area contributed by atoms with Crippen LogP contribution in [-0.4, -0.2) is 53.5 Å². The highest BCUT2D eigenvalue weighted by Crippen LogP contribution is 2.38. The molecular weight excluding hydrogens is 318 g/mol. The van der Waals surface area contributed by atoms with Gasteiger partial charge in [0.1, 0.15) is 5.75 Å². The average Bonchev–Trinajstić information content (AvgIpc) is 3.26. The van der Waals surface area contributed by atoms with Crippen molar-refractivity contribution in [3.05, 3.63) is 24.3 Å². The Morgan fingerprint density at radius 1 is 1.28 bits per heavy atom. The lowest BCUT2D eigenvalue weighted by Gasteiger charge is -2.32. The van der Waals surface area contributed by atoms with E-state index in [1.807, 2.05) is 0 Å². The van der Waals surface area contributed by atoms with Crippen molar-refractivity contribution >= 4 is 17.5 Å². The quantitative estimate of drug-likeness (QED) is 0.869. The first-order valence-electron chi connectivity index (χ1n) is 9.20. The first-order valence-corrected chi connectivity index (χ1v) is 9.20. The molecule has 0 aliphatic carbocycles. The number of nitrogens with one attached hydrogen (secondary N) is 1. The van der Waals surface area contributed by atoms with Crippen LogP contribution in [0.1, 0.15) is 32.1 Å². The van der Waals surface area contributed by atoms with Crippen LogP contribution >= 0.6 is 0 Å². The Kier molecular flexibility index (Phi) is 4.15. The summed E-state index contributed by atoms with van der Waals surface area (Å²) in [7, 11) is 0. The largest absolute Gasteiger partial charge is 0.508 e. The molecule has 0 bridgehead atoms. The van der Waals surface area contributed by atoms with Crippen LogP contribution in [0.2, 0.25) is 0 Å². The van der Waals surface area contributed by atoms with Crippen LogP contribution < -0.4 is 10.2 Å². The normalized spacial score (nSPS) is 25.4. The Morgan fingerprint density at radius 2 is 2.04 bits per heavy atom. The van der Waals surface area contributed by atoms with Gasteiger partial charge in [0.05, 0.1) is 5.92 Å². The molecule has 134 valence electrons. The summed E-state index contributed by atoms with van der Waals surface area (Å²) in [5.74, 6) is -0.279.